The van der Waals surface area contributed by atoms with Crippen LogP contribution in [0.5, 0.6) is 0 Å². The van der Waals surface area contributed by atoms with Crippen molar-refractivity contribution in [2.24, 2.45) is 5.10 Å². The molecule has 128 valence electrons. The monoisotopic (exact) mass is 338 g/mol. The van der Waals surface area contributed by atoms with Gasteiger partial charge in [0.25, 0.3) is 0 Å². The molecule has 1 heterocycles. The van der Waals surface area contributed by atoms with Crippen LogP contribution >= 0.6 is 0 Å². The van der Waals surface area contributed by atoms with Gasteiger partial charge in [-0.15, -0.1) is 0 Å². The van der Waals surface area contributed by atoms with Crippen LogP contribution in [0.15, 0.2) is 114 Å². The van der Waals surface area contributed by atoms with Gasteiger partial charge in [0.1, 0.15) is 0 Å². The largest absolute Gasteiger partial charge is 0.257 e. The van der Waals surface area contributed by atoms with E-state index >= 15 is 0 Å². The minimum Gasteiger partial charge on any atom is -0.257 e. The molecular formula is C24H22N2. The molecule has 26 heavy (non-hydrogen) atoms. The zero-order chi connectivity index (χ0) is 17.6. The first-order valence-electron chi connectivity index (χ1n) is 9.08. The minimum absolute atomic E-state index is 0.233. The average molecular weight is 338 g/mol. The highest BCUT2D eigenvalue weighted by Crippen LogP contribution is 2.35. The Hall–Kier alpha value is -3.13. The summed E-state index contributed by atoms with van der Waals surface area (Å²) in [6.45, 7) is 0. The highest BCUT2D eigenvalue weighted by atomic mass is 15.5. The van der Waals surface area contributed by atoms with E-state index in [1.807, 2.05) is 6.07 Å². The lowest BCUT2D eigenvalue weighted by molar-refractivity contribution is 0.709. The first-order chi connectivity index (χ1) is 12.9. The van der Waals surface area contributed by atoms with Crippen LogP contribution < -0.4 is 5.01 Å². The van der Waals surface area contributed by atoms with Crippen LogP contribution in [-0.2, 0) is 0 Å². The number of hydrogen-bond acceptors (Lipinski definition) is 2. The van der Waals surface area contributed by atoms with Gasteiger partial charge in [-0.3, -0.25) is 5.01 Å². The smallest absolute Gasteiger partial charge is 0.0831 e. The Morgan fingerprint density at radius 2 is 1.65 bits per heavy atom. The van der Waals surface area contributed by atoms with Crippen molar-refractivity contribution >= 4 is 11.4 Å². The van der Waals surface area contributed by atoms with E-state index in [4.69, 9.17) is 5.10 Å². The number of hydrogen-bond donors (Lipinski definition) is 0. The van der Waals surface area contributed by atoms with Crippen molar-refractivity contribution in [1.29, 1.82) is 0 Å². The van der Waals surface area contributed by atoms with Crippen LogP contribution in [0.4, 0.5) is 5.69 Å². The lowest BCUT2D eigenvalue weighted by Crippen LogP contribution is -2.18. The Labute approximate surface area is 155 Å². The standard InChI is InChI=1S/C24H22N2/c1-2-6-12-20(11-5-1)17-18-22-19-24(21-13-7-3-8-14-21)26(25-22)23-15-9-4-10-16-23/h1,3-18,24H,2,19H2/b18-17+. The molecule has 1 unspecified atom stereocenters. The number of allylic oxidation sites excluding steroid dienone is 8. The minimum atomic E-state index is 0.233. The summed E-state index contributed by atoms with van der Waals surface area (Å²) >= 11 is 0. The van der Waals surface area contributed by atoms with Gasteiger partial charge in [-0.1, -0.05) is 85.0 Å². The predicted octanol–water partition coefficient (Wildman–Crippen LogP) is 5.99. The molecule has 4 rings (SSSR count). The Morgan fingerprint density at radius 1 is 0.885 bits per heavy atom. The fraction of sp³-hybridized carbons (Fsp3) is 0.125. The third kappa shape index (κ3) is 3.75. The SMILES string of the molecule is C1=CCC=CC(/C=C/C2=NN(c3ccccc3)C(c3ccccc3)C2)=C1. The van der Waals surface area contributed by atoms with E-state index in [1.54, 1.807) is 0 Å². The van der Waals surface area contributed by atoms with Gasteiger partial charge in [0.2, 0.25) is 0 Å². The molecule has 0 radical (unpaired) electrons. The van der Waals surface area contributed by atoms with Crippen molar-refractivity contribution in [3.8, 4) is 0 Å². The van der Waals surface area contributed by atoms with Crippen molar-refractivity contribution in [2.75, 3.05) is 5.01 Å². The summed E-state index contributed by atoms with van der Waals surface area (Å²) in [6.07, 6.45) is 16.9. The molecule has 2 heteroatoms. The van der Waals surface area contributed by atoms with E-state index in [0.717, 1.165) is 24.2 Å². The van der Waals surface area contributed by atoms with Crippen molar-refractivity contribution in [3.63, 3.8) is 0 Å². The van der Waals surface area contributed by atoms with Crippen molar-refractivity contribution in [3.05, 3.63) is 114 Å². The van der Waals surface area contributed by atoms with Gasteiger partial charge in [0.05, 0.1) is 17.4 Å². The van der Waals surface area contributed by atoms with Gasteiger partial charge >= 0.3 is 0 Å². The second-order valence-electron chi connectivity index (χ2n) is 6.47. The molecule has 1 atom stereocenters. The maximum absolute atomic E-state index is 4.92. The second kappa shape index (κ2) is 7.83. The van der Waals surface area contributed by atoms with Crippen LogP contribution in [0.2, 0.25) is 0 Å². The summed E-state index contributed by atoms with van der Waals surface area (Å²) in [4.78, 5) is 0. The van der Waals surface area contributed by atoms with Gasteiger partial charge in [-0.25, -0.2) is 0 Å². The van der Waals surface area contributed by atoms with Gasteiger partial charge in [0, 0.05) is 6.42 Å². The molecule has 0 saturated carbocycles. The molecule has 2 nitrogen and oxygen atoms in total. The Morgan fingerprint density at radius 3 is 2.46 bits per heavy atom. The van der Waals surface area contributed by atoms with E-state index in [9.17, 15) is 0 Å². The van der Waals surface area contributed by atoms with Crippen LogP contribution in [0.3, 0.4) is 0 Å². The van der Waals surface area contributed by atoms with E-state index in [1.165, 1.54) is 11.1 Å². The van der Waals surface area contributed by atoms with Gasteiger partial charge in [0.15, 0.2) is 0 Å². The van der Waals surface area contributed by atoms with Crippen LogP contribution in [0.1, 0.15) is 24.4 Å². The molecular weight excluding hydrogens is 316 g/mol. The van der Waals surface area contributed by atoms with E-state index in [0.29, 0.717) is 0 Å². The molecule has 2 aromatic rings. The van der Waals surface area contributed by atoms with Crippen molar-refractivity contribution in [1.82, 2.24) is 0 Å². The fourth-order valence-corrected chi connectivity index (χ4v) is 3.29. The molecule has 0 N–H and O–H groups in total. The Balaban J connectivity index is 1.62. The zero-order valence-corrected chi connectivity index (χ0v) is 14.7. The topological polar surface area (TPSA) is 15.6 Å². The summed E-state index contributed by atoms with van der Waals surface area (Å²) in [6, 6.07) is 21.3. The average Bonchev–Trinajstić information content (AvgIpc) is 2.96. The normalized spacial score (nSPS) is 19.5. The maximum atomic E-state index is 4.92. The number of benzene rings is 2. The molecule has 1 aliphatic carbocycles. The van der Waals surface area contributed by atoms with Crippen LogP contribution in [0.25, 0.3) is 0 Å². The zero-order valence-electron chi connectivity index (χ0n) is 14.7. The number of anilines is 1. The molecule has 0 fully saturated rings. The maximum Gasteiger partial charge on any atom is 0.0831 e. The van der Waals surface area contributed by atoms with Gasteiger partial charge in [-0.05, 0) is 35.8 Å². The molecule has 0 saturated heterocycles. The number of hydrazone groups is 1. The lowest BCUT2D eigenvalue weighted by atomic mass is 10.0. The fourth-order valence-electron chi connectivity index (χ4n) is 3.29. The summed E-state index contributed by atoms with van der Waals surface area (Å²) < 4.78 is 0. The highest BCUT2D eigenvalue weighted by molar-refractivity contribution is 5.98. The van der Waals surface area contributed by atoms with Gasteiger partial charge in [-0.2, -0.15) is 5.10 Å². The van der Waals surface area contributed by atoms with Gasteiger partial charge < -0.3 is 0 Å². The lowest BCUT2D eigenvalue weighted by Gasteiger charge is -2.23. The summed E-state index contributed by atoms with van der Waals surface area (Å²) in [7, 11) is 0. The number of nitrogens with zero attached hydrogens (tertiary/aromatic N) is 2. The van der Waals surface area contributed by atoms with E-state index in [2.05, 4.69) is 102 Å². The highest BCUT2D eigenvalue weighted by Gasteiger charge is 2.27. The molecule has 1 aliphatic heterocycles. The summed E-state index contributed by atoms with van der Waals surface area (Å²) in [5, 5.41) is 7.06. The molecule has 2 aromatic carbocycles. The molecule has 0 bridgehead atoms. The van der Waals surface area contributed by atoms with Crippen molar-refractivity contribution < 1.29 is 0 Å². The second-order valence-corrected chi connectivity index (χ2v) is 6.47. The van der Waals surface area contributed by atoms with E-state index in [-0.39, 0.29) is 6.04 Å². The molecule has 2 aliphatic rings. The molecule has 0 amide bonds. The van der Waals surface area contributed by atoms with Crippen LogP contribution in [0, 0.1) is 0 Å². The molecule has 0 spiro atoms. The predicted molar refractivity (Wildman–Crippen MR) is 110 cm³/mol. The third-order valence-corrected chi connectivity index (χ3v) is 4.61. The summed E-state index contributed by atoms with van der Waals surface area (Å²) in [5.41, 5.74) is 4.72. The van der Waals surface area contributed by atoms with Crippen LogP contribution in [-0.4, -0.2) is 5.71 Å². The number of rotatable bonds is 4. The molecule has 0 aromatic heterocycles. The Kier molecular flexibility index (Phi) is 4.92. The summed E-state index contributed by atoms with van der Waals surface area (Å²) in [5.74, 6) is 0. The van der Waals surface area contributed by atoms with Crippen molar-refractivity contribution in [2.45, 2.75) is 18.9 Å². The third-order valence-electron chi connectivity index (χ3n) is 4.61. The Bertz CT molecular complexity index is 886. The first kappa shape index (κ1) is 16.3. The number of para-hydroxylation sites is 1. The first-order valence-corrected chi connectivity index (χ1v) is 9.08. The quantitative estimate of drug-likeness (QED) is 0.668. The van der Waals surface area contributed by atoms with E-state index < -0.39 is 0 Å².